The molecule has 0 aliphatic heterocycles. The van der Waals surface area contributed by atoms with E-state index < -0.39 is 0 Å². The molecule has 0 heterocycles. The van der Waals surface area contributed by atoms with Gasteiger partial charge in [-0.1, -0.05) is 0 Å². The van der Waals surface area contributed by atoms with Crippen molar-refractivity contribution >= 4 is 17.3 Å². The summed E-state index contributed by atoms with van der Waals surface area (Å²) in [5.74, 6) is -0.388. The Kier molecular flexibility index (Phi) is 5.45. The summed E-state index contributed by atoms with van der Waals surface area (Å²) in [6.07, 6.45) is 0.884. The topological polar surface area (TPSA) is 73.6 Å². The molecule has 18 heavy (non-hydrogen) atoms. The van der Waals surface area contributed by atoms with Gasteiger partial charge in [-0.3, -0.25) is 0 Å². The summed E-state index contributed by atoms with van der Waals surface area (Å²) >= 11 is 0. The highest BCUT2D eigenvalue weighted by atomic mass is 16.5. The van der Waals surface area contributed by atoms with Crippen molar-refractivity contribution < 1.29 is 14.3 Å². The molecule has 5 nitrogen and oxygen atoms in total. The Labute approximate surface area is 107 Å². The van der Waals surface area contributed by atoms with Crippen LogP contribution in [0.3, 0.4) is 0 Å². The maximum absolute atomic E-state index is 11.3. The molecule has 5 heteroatoms. The lowest BCUT2D eigenvalue weighted by Crippen LogP contribution is -2.18. The standard InChI is InChI=1S/C13H20N2O3/c1-9(6-7-17-2)15-12-5-4-10(8-11(12)14)13(16)18-3/h4-5,8-9,15H,6-7,14H2,1-3H3. The number of carbonyl (C=O) groups is 1. The molecule has 1 aromatic carbocycles. The van der Waals surface area contributed by atoms with Gasteiger partial charge in [0.15, 0.2) is 0 Å². The molecule has 1 aromatic rings. The minimum Gasteiger partial charge on any atom is -0.465 e. The predicted octanol–water partition coefficient (Wildman–Crippen LogP) is 1.89. The Morgan fingerprint density at radius 2 is 2.17 bits per heavy atom. The summed E-state index contributed by atoms with van der Waals surface area (Å²) in [6, 6.07) is 5.33. The third-order valence-electron chi connectivity index (χ3n) is 2.63. The van der Waals surface area contributed by atoms with Crippen molar-refractivity contribution in [3.63, 3.8) is 0 Å². The number of nitrogens with one attached hydrogen (secondary N) is 1. The van der Waals surface area contributed by atoms with Crippen LogP contribution in [-0.4, -0.2) is 32.8 Å². The molecule has 0 amide bonds. The van der Waals surface area contributed by atoms with E-state index in [9.17, 15) is 4.79 Å². The number of anilines is 2. The monoisotopic (exact) mass is 252 g/mol. The van der Waals surface area contributed by atoms with Gasteiger partial charge >= 0.3 is 5.97 Å². The highest BCUT2D eigenvalue weighted by Gasteiger charge is 2.09. The molecular formula is C13H20N2O3. The summed E-state index contributed by atoms with van der Waals surface area (Å²) in [6.45, 7) is 2.74. The highest BCUT2D eigenvalue weighted by molar-refractivity contribution is 5.91. The normalized spacial score (nSPS) is 11.9. The van der Waals surface area contributed by atoms with Gasteiger partial charge in [0.2, 0.25) is 0 Å². The Bertz CT molecular complexity index is 407. The molecule has 100 valence electrons. The van der Waals surface area contributed by atoms with Gasteiger partial charge in [0.05, 0.1) is 24.0 Å². The second kappa shape index (κ2) is 6.86. The van der Waals surface area contributed by atoms with Gasteiger partial charge in [0, 0.05) is 19.8 Å². The van der Waals surface area contributed by atoms with Crippen LogP contribution in [0, 0.1) is 0 Å². The van der Waals surface area contributed by atoms with E-state index in [0.717, 1.165) is 12.1 Å². The molecule has 0 bridgehead atoms. The van der Waals surface area contributed by atoms with Crippen LogP contribution >= 0.6 is 0 Å². The summed E-state index contributed by atoms with van der Waals surface area (Å²) < 4.78 is 9.65. The SMILES string of the molecule is COCCC(C)Nc1ccc(C(=O)OC)cc1N. The van der Waals surface area contributed by atoms with Crippen molar-refractivity contribution in [1.82, 2.24) is 0 Å². The Morgan fingerprint density at radius 3 is 2.72 bits per heavy atom. The number of benzene rings is 1. The number of rotatable bonds is 6. The van der Waals surface area contributed by atoms with Crippen molar-refractivity contribution in [2.45, 2.75) is 19.4 Å². The lowest BCUT2D eigenvalue weighted by atomic mass is 10.1. The molecule has 0 saturated heterocycles. The number of hydrogen-bond acceptors (Lipinski definition) is 5. The van der Waals surface area contributed by atoms with E-state index in [1.54, 1.807) is 25.3 Å². The fourth-order valence-electron chi connectivity index (χ4n) is 1.57. The molecular weight excluding hydrogens is 232 g/mol. The Balaban J connectivity index is 2.70. The molecule has 1 unspecified atom stereocenters. The van der Waals surface area contributed by atoms with Crippen LogP contribution in [0.1, 0.15) is 23.7 Å². The van der Waals surface area contributed by atoms with Crippen molar-refractivity contribution in [1.29, 1.82) is 0 Å². The molecule has 1 rings (SSSR count). The van der Waals surface area contributed by atoms with Crippen LogP contribution in [0.25, 0.3) is 0 Å². The van der Waals surface area contributed by atoms with Crippen molar-refractivity contribution in [3.8, 4) is 0 Å². The summed E-state index contributed by atoms with van der Waals surface area (Å²) in [5.41, 5.74) is 7.68. The minimum absolute atomic E-state index is 0.247. The first kappa shape index (κ1) is 14.3. The lowest BCUT2D eigenvalue weighted by molar-refractivity contribution is 0.0601. The fourth-order valence-corrected chi connectivity index (χ4v) is 1.57. The van der Waals surface area contributed by atoms with Crippen molar-refractivity contribution in [3.05, 3.63) is 23.8 Å². The van der Waals surface area contributed by atoms with Crippen LogP contribution in [0.2, 0.25) is 0 Å². The van der Waals surface area contributed by atoms with Crippen molar-refractivity contribution in [2.75, 3.05) is 31.9 Å². The molecule has 0 saturated carbocycles. The van der Waals surface area contributed by atoms with E-state index in [1.165, 1.54) is 7.11 Å². The molecule has 0 fully saturated rings. The summed E-state index contributed by atoms with van der Waals surface area (Å²) in [4.78, 5) is 11.3. The molecule has 0 aromatic heterocycles. The van der Waals surface area contributed by atoms with Gasteiger partial charge in [-0.25, -0.2) is 4.79 Å². The van der Waals surface area contributed by atoms with E-state index in [-0.39, 0.29) is 12.0 Å². The van der Waals surface area contributed by atoms with Crippen LogP contribution in [0.5, 0.6) is 0 Å². The predicted molar refractivity (Wildman–Crippen MR) is 71.8 cm³/mol. The van der Waals surface area contributed by atoms with Crippen LogP contribution in [0.15, 0.2) is 18.2 Å². The summed E-state index contributed by atoms with van der Waals surface area (Å²) in [5, 5.41) is 3.27. The van der Waals surface area contributed by atoms with E-state index in [2.05, 4.69) is 10.1 Å². The molecule has 0 spiro atoms. The third kappa shape index (κ3) is 3.92. The number of nitrogen functional groups attached to an aromatic ring is 1. The van der Waals surface area contributed by atoms with Gasteiger partial charge < -0.3 is 20.5 Å². The van der Waals surface area contributed by atoms with Gasteiger partial charge in [0.1, 0.15) is 0 Å². The molecule has 3 N–H and O–H groups in total. The average molecular weight is 252 g/mol. The second-order valence-corrected chi connectivity index (χ2v) is 4.12. The number of ether oxygens (including phenoxy) is 2. The zero-order chi connectivity index (χ0) is 13.5. The number of methoxy groups -OCH3 is 2. The highest BCUT2D eigenvalue weighted by Crippen LogP contribution is 2.21. The number of carbonyl (C=O) groups excluding carboxylic acids is 1. The van der Waals surface area contributed by atoms with Crippen LogP contribution < -0.4 is 11.1 Å². The minimum atomic E-state index is -0.388. The second-order valence-electron chi connectivity index (χ2n) is 4.12. The van der Waals surface area contributed by atoms with Gasteiger partial charge in [0.25, 0.3) is 0 Å². The maximum Gasteiger partial charge on any atom is 0.337 e. The quantitative estimate of drug-likeness (QED) is 0.597. The van der Waals surface area contributed by atoms with Crippen molar-refractivity contribution in [2.24, 2.45) is 0 Å². The lowest BCUT2D eigenvalue weighted by Gasteiger charge is -2.16. The largest absolute Gasteiger partial charge is 0.465 e. The van der Waals surface area contributed by atoms with E-state index in [1.807, 2.05) is 6.92 Å². The first-order valence-corrected chi connectivity index (χ1v) is 5.81. The zero-order valence-corrected chi connectivity index (χ0v) is 11.0. The van der Waals surface area contributed by atoms with Gasteiger partial charge in [-0.15, -0.1) is 0 Å². The zero-order valence-electron chi connectivity index (χ0n) is 11.0. The van der Waals surface area contributed by atoms with E-state index >= 15 is 0 Å². The van der Waals surface area contributed by atoms with Crippen LogP contribution in [-0.2, 0) is 9.47 Å². The Hall–Kier alpha value is -1.75. The number of hydrogen-bond donors (Lipinski definition) is 2. The average Bonchev–Trinajstić information content (AvgIpc) is 2.37. The molecule has 0 aliphatic rings. The molecule has 0 radical (unpaired) electrons. The van der Waals surface area contributed by atoms with E-state index in [0.29, 0.717) is 17.9 Å². The first-order valence-electron chi connectivity index (χ1n) is 5.81. The third-order valence-corrected chi connectivity index (χ3v) is 2.63. The smallest absolute Gasteiger partial charge is 0.337 e. The van der Waals surface area contributed by atoms with E-state index in [4.69, 9.17) is 10.5 Å². The fraction of sp³-hybridized carbons (Fsp3) is 0.462. The summed E-state index contributed by atoms with van der Waals surface area (Å²) in [7, 11) is 3.02. The first-order chi connectivity index (χ1) is 8.58. The Morgan fingerprint density at radius 1 is 1.44 bits per heavy atom. The molecule has 0 aliphatic carbocycles. The van der Waals surface area contributed by atoms with Crippen LogP contribution in [0.4, 0.5) is 11.4 Å². The maximum atomic E-state index is 11.3. The number of esters is 1. The molecule has 1 atom stereocenters. The van der Waals surface area contributed by atoms with Gasteiger partial charge in [-0.2, -0.15) is 0 Å². The van der Waals surface area contributed by atoms with Gasteiger partial charge in [-0.05, 0) is 31.5 Å². The number of nitrogens with two attached hydrogens (primary N) is 1.